The summed E-state index contributed by atoms with van der Waals surface area (Å²) in [4.78, 5) is 46.0. The summed E-state index contributed by atoms with van der Waals surface area (Å²) in [5.41, 5.74) is 0. The Morgan fingerprint density at radius 1 is 0.667 bits per heavy atom. The average Bonchev–Trinajstić information content (AvgIpc) is 3.07. The molecule has 0 aromatic heterocycles. The highest BCUT2D eigenvalue weighted by atomic mass is 16.6. The van der Waals surface area contributed by atoms with Gasteiger partial charge in [-0.25, -0.2) is 0 Å². The average molecular weight is 298 g/mol. The van der Waals surface area contributed by atoms with Crippen LogP contribution >= 0.6 is 0 Å². The summed E-state index contributed by atoms with van der Waals surface area (Å²) in [5, 5.41) is 18.0. The van der Waals surface area contributed by atoms with Crippen LogP contribution in [0.2, 0.25) is 0 Å². The summed E-state index contributed by atoms with van der Waals surface area (Å²) in [6, 6.07) is 0. The van der Waals surface area contributed by atoms with E-state index in [9.17, 15) is 19.2 Å². The molecule has 0 heterocycles. The van der Waals surface area contributed by atoms with E-state index in [1.165, 1.54) is 0 Å². The van der Waals surface area contributed by atoms with E-state index in [4.69, 9.17) is 14.9 Å². The maximum absolute atomic E-state index is 12.0. The first-order valence-electron chi connectivity index (χ1n) is 7.13. The van der Waals surface area contributed by atoms with Crippen LogP contribution in [0.3, 0.4) is 0 Å². The van der Waals surface area contributed by atoms with Crippen LogP contribution in [0.25, 0.3) is 0 Å². The fourth-order valence-corrected chi connectivity index (χ4v) is 3.33. The molecule has 0 spiro atoms. The number of rotatable bonds is 4. The minimum Gasteiger partial charge on any atom is -0.481 e. The molecular weight excluding hydrogens is 280 g/mol. The summed E-state index contributed by atoms with van der Waals surface area (Å²) < 4.78 is 4.77. The highest BCUT2D eigenvalue weighted by Crippen LogP contribution is 2.35. The minimum absolute atomic E-state index is 0.385. The second kappa shape index (κ2) is 6.24. The van der Waals surface area contributed by atoms with Gasteiger partial charge in [0, 0.05) is 0 Å². The van der Waals surface area contributed by atoms with E-state index in [0.29, 0.717) is 38.5 Å². The third-order valence-corrected chi connectivity index (χ3v) is 4.47. The van der Waals surface area contributed by atoms with E-state index in [0.717, 1.165) is 0 Å². The second-order valence-electron chi connectivity index (χ2n) is 5.70. The highest BCUT2D eigenvalue weighted by molar-refractivity contribution is 5.92. The number of ether oxygens (including phenoxy) is 1. The molecule has 0 amide bonds. The minimum atomic E-state index is -1.06. The Hall–Kier alpha value is -1.92. The molecule has 2 aliphatic rings. The lowest BCUT2D eigenvalue weighted by Crippen LogP contribution is -2.33. The number of carbonyl (C=O) groups is 4. The van der Waals surface area contributed by atoms with Crippen molar-refractivity contribution >= 4 is 23.9 Å². The molecule has 0 unspecified atom stereocenters. The van der Waals surface area contributed by atoms with Crippen molar-refractivity contribution in [3.05, 3.63) is 0 Å². The Morgan fingerprint density at radius 2 is 1.00 bits per heavy atom. The van der Waals surface area contributed by atoms with Crippen molar-refractivity contribution in [2.75, 3.05) is 0 Å². The first-order chi connectivity index (χ1) is 9.91. The number of carboxylic acids is 2. The van der Waals surface area contributed by atoms with E-state index in [1.807, 2.05) is 0 Å². The largest absolute Gasteiger partial charge is 0.481 e. The van der Waals surface area contributed by atoms with E-state index in [2.05, 4.69) is 0 Å². The summed E-state index contributed by atoms with van der Waals surface area (Å²) in [6.07, 6.45) is 2.76. The summed E-state index contributed by atoms with van der Waals surface area (Å²) in [6.45, 7) is 0. The van der Waals surface area contributed by atoms with Crippen LogP contribution < -0.4 is 0 Å². The molecule has 0 bridgehead atoms. The monoisotopic (exact) mass is 298 g/mol. The zero-order valence-corrected chi connectivity index (χ0v) is 11.5. The van der Waals surface area contributed by atoms with Crippen LogP contribution in [0.1, 0.15) is 38.5 Å². The molecule has 7 nitrogen and oxygen atoms in total. The lowest BCUT2D eigenvalue weighted by molar-refractivity contribution is -0.171. The van der Waals surface area contributed by atoms with Crippen LogP contribution in [0, 0.1) is 23.7 Å². The lowest BCUT2D eigenvalue weighted by Gasteiger charge is -2.17. The number of hydrogen-bond donors (Lipinski definition) is 2. The van der Waals surface area contributed by atoms with Crippen molar-refractivity contribution in [3.63, 3.8) is 0 Å². The van der Waals surface area contributed by atoms with Gasteiger partial charge in [-0.3, -0.25) is 19.2 Å². The molecule has 0 aromatic carbocycles. The van der Waals surface area contributed by atoms with Gasteiger partial charge in [0.05, 0.1) is 23.7 Å². The summed E-state index contributed by atoms with van der Waals surface area (Å²) in [5.74, 6) is -7.04. The van der Waals surface area contributed by atoms with Gasteiger partial charge in [0.25, 0.3) is 0 Å². The molecule has 116 valence electrons. The van der Waals surface area contributed by atoms with E-state index >= 15 is 0 Å². The van der Waals surface area contributed by atoms with Crippen LogP contribution in [-0.4, -0.2) is 34.1 Å². The SMILES string of the molecule is O=C(O)[C@H]1CCC[C@@H]1C(=O)OC(=O)[C@@H]1CCC[C@H]1C(=O)O. The Balaban J connectivity index is 1.97. The van der Waals surface area contributed by atoms with Crippen LogP contribution in [0.15, 0.2) is 0 Å². The fraction of sp³-hybridized carbons (Fsp3) is 0.714. The fourth-order valence-electron chi connectivity index (χ4n) is 3.33. The normalized spacial score (nSPS) is 31.8. The number of hydrogen-bond acceptors (Lipinski definition) is 5. The first-order valence-corrected chi connectivity index (χ1v) is 7.13. The topological polar surface area (TPSA) is 118 Å². The lowest BCUT2D eigenvalue weighted by atomic mass is 9.95. The Bertz CT molecular complexity index is 428. The summed E-state index contributed by atoms with van der Waals surface area (Å²) >= 11 is 0. The van der Waals surface area contributed by atoms with Gasteiger partial charge in [0.2, 0.25) is 0 Å². The van der Waals surface area contributed by atoms with Gasteiger partial charge in [0.1, 0.15) is 0 Å². The van der Waals surface area contributed by atoms with Crippen molar-refractivity contribution in [2.45, 2.75) is 38.5 Å². The number of esters is 2. The van der Waals surface area contributed by atoms with E-state index in [-0.39, 0.29) is 0 Å². The molecule has 2 rings (SSSR count). The quantitative estimate of drug-likeness (QED) is 0.588. The van der Waals surface area contributed by atoms with Gasteiger partial charge in [-0.1, -0.05) is 12.8 Å². The van der Waals surface area contributed by atoms with Gasteiger partial charge >= 0.3 is 23.9 Å². The molecule has 2 saturated carbocycles. The molecule has 2 fully saturated rings. The van der Waals surface area contributed by atoms with Crippen LogP contribution in [0.5, 0.6) is 0 Å². The zero-order valence-electron chi connectivity index (χ0n) is 11.5. The van der Waals surface area contributed by atoms with Gasteiger partial charge in [0.15, 0.2) is 0 Å². The summed E-state index contributed by atoms with van der Waals surface area (Å²) in [7, 11) is 0. The second-order valence-corrected chi connectivity index (χ2v) is 5.70. The third-order valence-electron chi connectivity index (χ3n) is 4.47. The van der Waals surface area contributed by atoms with Gasteiger partial charge in [-0.05, 0) is 25.7 Å². The van der Waals surface area contributed by atoms with E-state index in [1.54, 1.807) is 0 Å². The predicted octanol–water partition coefficient (Wildman–Crippen LogP) is 1.06. The molecule has 2 N–H and O–H groups in total. The molecule has 21 heavy (non-hydrogen) atoms. The van der Waals surface area contributed by atoms with E-state index < -0.39 is 47.5 Å². The molecule has 7 heteroatoms. The maximum atomic E-state index is 12.0. The third kappa shape index (κ3) is 3.22. The van der Waals surface area contributed by atoms with Gasteiger partial charge in [-0.2, -0.15) is 0 Å². The molecular formula is C14H18O7. The van der Waals surface area contributed by atoms with Crippen LogP contribution in [-0.2, 0) is 23.9 Å². The maximum Gasteiger partial charge on any atom is 0.317 e. The smallest absolute Gasteiger partial charge is 0.317 e. The Kier molecular flexibility index (Phi) is 4.59. The highest BCUT2D eigenvalue weighted by Gasteiger charge is 2.43. The van der Waals surface area contributed by atoms with Crippen LogP contribution in [0.4, 0.5) is 0 Å². The first kappa shape index (κ1) is 15.5. The number of carboxylic acid groups (broad SMARTS) is 2. The van der Waals surface area contributed by atoms with Crippen molar-refractivity contribution in [2.24, 2.45) is 23.7 Å². The molecule has 0 radical (unpaired) electrons. The standard InChI is InChI=1S/C14H18O7/c15-11(16)7-3-1-5-9(7)13(19)21-14(20)10-6-2-4-8(10)12(17)18/h7-10H,1-6H2,(H,15,16)(H,17,18)/t7-,8+,9-,10+. The molecule has 4 atom stereocenters. The van der Waals surface area contributed by atoms with Crippen molar-refractivity contribution in [3.8, 4) is 0 Å². The van der Waals surface area contributed by atoms with Crippen molar-refractivity contribution in [1.82, 2.24) is 0 Å². The zero-order chi connectivity index (χ0) is 15.6. The number of carbonyl (C=O) groups excluding carboxylic acids is 2. The van der Waals surface area contributed by atoms with Gasteiger partial charge in [-0.15, -0.1) is 0 Å². The Labute approximate surface area is 121 Å². The Morgan fingerprint density at radius 3 is 1.33 bits per heavy atom. The van der Waals surface area contributed by atoms with Gasteiger partial charge < -0.3 is 14.9 Å². The molecule has 0 aromatic rings. The predicted molar refractivity (Wildman–Crippen MR) is 68.0 cm³/mol. The molecule has 0 aliphatic heterocycles. The molecule has 0 saturated heterocycles. The number of aliphatic carboxylic acids is 2. The van der Waals surface area contributed by atoms with Crippen molar-refractivity contribution in [1.29, 1.82) is 0 Å². The molecule has 2 aliphatic carbocycles. The van der Waals surface area contributed by atoms with Crippen molar-refractivity contribution < 1.29 is 34.1 Å².